The van der Waals surface area contributed by atoms with Crippen molar-refractivity contribution in [3.63, 3.8) is 0 Å². The summed E-state index contributed by atoms with van der Waals surface area (Å²) in [5, 5.41) is 3.34. The minimum Gasteiger partial charge on any atom is -0.351 e. The van der Waals surface area contributed by atoms with Gasteiger partial charge in [0.25, 0.3) is 5.91 Å². The number of aromatic nitrogens is 2. The van der Waals surface area contributed by atoms with Crippen LogP contribution in [0.3, 0.4) is 0 Å². The van der Waals surface area contributed by atoms with E-state index < -0.39 is 5.54 Å². The normalized spacial score (nSPS) is 24.8. The number of nitrogens with one attached hydrogen (secondary N) is 1. The zero-order chi connectivity index (χ0) is 23.7. The number of nitrogens with zero attached hydrogens (tertiary/aromatic N) is 3. The van der Waals surface area contributed by atoms with Gasteiger partial charge in [0.05, 0.1) is 17.6 Å². The van der Waals surface area contributed by atoms with Crippen LogP contribution in [0, 0.1) is 5.92 Å². The molecule has 6 heteroatoms. The lowest BCUT2D eigenvalue weighted by molar-refractivity contribution is -0.134. The minimum atomic E-state index is -0.971. The van der Waals surface area contributed by atoms with Crippen molar-refractivity contribution in [1.29, 1.82) is 0 Å². The van der Waals surface area contributed by atoms with Gasteiger partial charge < -0.3 is 14.8 Å². The van der Waals surface area contributed by atoms with Gasteiger partial charge in [0.15, 0.2) is 5.82 Å². The van der Waals surface area contributed by atoms with E-state index in [2.05, 4.69) is 29.4 Å². The Bertz CT molecular complexity index is 1190. The molecule has 2 amide bonds. The van der Waals surface area contributed by atoms with E-state index in [9.17, 15) is 9.59 Å². The number of fused-ring (bicyclic) bond motifs is 3. The molecule has 1 N–H and O–H groups in total. The van der Waals surface area contributed by atoms with Crippen LogP contribution in [-0.4, -0.2) is 44.4 Å². The number of carbonyl (C=O) groups excluding carboxylic acids is 2. The van der Waals surface area contributed by atoms with E-state index in [4.69, 9.17) is 0 Å². The van der Waals surface area contributed by atoms with Crippen LogP contribution in [-0.2, 0) is 17.8 Å². The van der Waals surface area contributed by atoms with Gasteiger partial charge in [-0.3, -0.25) is 9.59 Å². The van der Waals surface area contributed by atoms with Gasteiger partial charge in [-0.2, -0.15) is 0 Å². The van der Waals surface area contributed by atoms with Gasteiger partial charge in [-0.1, -0.05) is 62.2 Å². The molecule has 5 rings (SSSR count). The summed E-state index contributed by atoms with van der Waals surface area (Å²) in [7, 11) is 0. The minimum absolute atomic E-state index is 0.0530. The van der Waals surface area contributed by atoms with E-state index in [0.717, 1.165) is 43.1 Å². The Morgan fingerprint density at radius 2 is 1.82 bits per heavy atom. The third kappa shape index (κ3) is 4.10. The van der Waals surface area contributed by atoms with Crippen molar-refractivity contribution in [2.24, 2.45) is 5.92 Å². The van der Waals surface area contributed by atoms with Crippen molar-refractivity contribution in [3.8, 4) is 0 Å². The Balaban J connectivity index is 1.45. The number of para-hydroxylation sites is 2. The number of carbonyl (C=O) groups is 2. The maximum Gasteiger partial charge on any atom is 0.290 e. The van der Waals surface area contributed by atoms with Crippen LogP contribution in [0.2, 0.25) is 0 Å². The zero-order valence-electron chi connectivity index (χ0n) is 20.2. The predicted octanol–water partition coefficient (Wildman–Crippen LogP) is 4.58. The molecule has 1 saturated carbocycles. The van der Waals surface area contributed by atoms with Gasteiger partial charge >= 0.3 is 0 Å². The molecule has 0 radical (unpaired) electrons. The maximum atomic E-state index is 13.9. The van der Waals surface area contributed by atoms with Crippen molar-refractivity contribution >= 4 is 22.8 Å². The highest BCUT2D eigenvalue weighted by molar-refractivity contribution is 6.01. The predicted molar refractivity (Wildman–Crippen MR) is 134 cm³/mol. The Labute approximate surface area is 201 Å². The van der Waals surface area contributed by atoms with Crippen LogP contribution in [0.25, 0.3) is 11.0 Å². The summed E-state index contributed by atoms with van der Waals surface area (Å²) >= 11 is 0. The maximum absolute atomic E-state index is 13.9. The number of aryl methyl sites for hydroxylation is 1. The van der Waals surface area contributed by atoms with E-state index in [1.54, 1.807) is 4.90 Å². The highest BCUT2D eigenvalue weighted by Gasteiger charge is 2.48. The lowest BCUT2D eigenvalue weighted by Crippen LogP contribution is -2.65. The molecular weight excluding hydrogens is 424 g/mol. The monoisotopic (exact) mass is 458 g/mol. The highest BCUT2D eigenvalue weighted by atomic mass is 16.2. The van der Waals surface area contributed by atoms with E-state index in [1.165, 1.54) is 12.0 Å². The Morgan fingerprint density at radius 3 is 2.62 bits per heavy atom. The summed E-state index contributed by atoms with van der Waals surface area (Å²) in [4.78, 5) is 34.0. The first kappa shape index (κ1) is 22.6. The first-order valence-electron chi connectivity index (χ1n) is 12.6. The van der Waals surface area contributed by atoms with Gasteiger partial charge in [0.1, 0.15) is 5.54 Å². The Morgan fingerprint density at radius 1 is 1.09 bits per heavy atom. The summed E-state index contributed by atoms with van der Waals surface area (Å²) in [6.45, 7) is 5.07. The average molecular weight is 459 g/mol. The fraction of sp³-hybridized carbons (Fsp3) is 0.464. The summed E-state index contributed by atoms with van der Waals surface area (Å²) in [6, 6.07) is 18.2. The van der Waals surface area contributed by atoms with Crippen molar-refractivity contribution in [2.45, 2.75) is 70.5 Å². The topological polar surface area (TPSA) is 67.2 Å². The molecule has 3 atom stereocenters. The van der Waals surface area contributed by atoms with Crippen LogP contribution >= 0.6 is 0 Å². The van der Waals surface area contributed by atoms with Gasteiger partial charge in [0.2, 0.25) is 5.91 Å². The van der Waals surface area contributed by atoms with E-state index in [0.29, 0.717) is 24.8 Å². The number of hydrogen-bond donors (Lipinski definition) is 1. The molecule has 6 nitrogen and oxygen atoms in total. The Hall–Kier alpha value is -3.15. The van der Waals surface area contributed by atoms with Crippen LogP contribution < -0.4 is 5.32 Å². The fourth-order valence-corrected chi connectivity index (χ4v) is 5.62. The molecule has 0 saturated heterocycles. The molecule has 0 spiro atoms. The molecule has 2 heterocycles. The van der Waals surface area contributed by atoms with Crippen molar-refractivity contribution in [2.75, 3.05) is 6.54 Å². The van der Waals surface area contributed by atoms with Crippen molar-refractivity contribution in [1.82, 2.24) is 19.8 Å². The smallest absolute Gasteiger partial charge is 0.290 e. The molecule has 34 heavy (non-hydrogen) atoms. The third-order valence-electron chi connectivity index (χ3n) is 7.76. The number of benzene rings is 2. The Kier molecular flexibility index (Phi) is 6.15. The lowest BCUT2D eigenvalue weighted by atomic mass is 9.85. The first-order chi connectivity index (χ1) is 16.5. The number of imidazole rings is 1. The van der Waals surface area contributed by atoms with Gasteiger partial charge in [0, 0.05) is 12.6 Å². The molecule has 178 valence electrons. The lowest BCUT2D eigenvalue weighted by Gasteiger charge is -2.45. The van der Waals surface area contributed by atoms with E-state index in [1.807, 2.05) is 54.0 Å². The highest BCUT2D eigenvalue weighted by Crippen LogP contribution is 2.32. The molecule has 2 aliphatic rings. The average Bonchev–Trinajstić information content (AvgIpc) is 3.22. The standard InChI is InChI=1S/C28H34N4O2/c1-20-11-6-7-15-22(20)30-27(34)28(2)19-31-24-17-9-8-16-23(24)29-25(31)26(33)32(28)18-10-14-21-12-4-3-5-13-21/h3-5,8-9,12-13,16-17,20,22H,6-7,10-11,14-15,18-19H2,1-2H3,(H,30,34)/t20-,22+,28+/m1/s1. The number of rotatable bonds is 6. The van der Waals surface area contributed by atoms with Gasteiger partial charge in [-0.25, -0.2) is 4.98 Å². The van der Waals surface area contributed by atoms with Crippen LogP contribution in [0.5, 0.6) is 0 Å². The van der Waals surface area contributed by atoms with Crippen LogP contribution in [0.4, 0.5) is 0 Å². The van der Waals surface area contributed by atoms with Crippen LogP contribution in [0.1, 0.15) is 62.1 Å². The summed E-state index contributed by atoms with van der Waals surface area (Å²) in [5.74, 6) is 0.668. The molecule has 1 aliphatic heterocycles. The summed E-state index contributed by atoms with van der Waals surface area (Å²) in [6.07, 6.45) is 6.15. The molecule has 3 aromatic rings. The molecule has 1 fully saturated rings. The molecule has 0 bridgehead atoms. The van der Waals surface area contributed by atoms with Crippen LogP contribution in [0.15, 0.2) is 54.6 Å². The largest absolute Gasteiger partial charge is 0.351 e. The van der Waals surface area contributed by atoms with E-state index >= 15 is 0 Å². The molecule has 1 aliphatic carbocycles. The zero-order valence-corrected chi connectivity index (χ0v) is 20.2. The molecule has 2 aromatic carbocycles. The second-order valence-electron chi connectivity index (χ2n) is 10.2. The quantitative estimate of drug-likeness (QED) is 0.588. The van der Waals surface area contributed by atoms with Crippen molar-refractivity contribution < 1.29 is 9.59 Å². The second-order valence-corrected chi connectivity index (χ2v) is 10.2. The second kappa shape index (κ2) is 9.24. The van der Waals surface area contributed by atoms with Gasteiger partial charge in [-0.05, 0) is 56.2 Å². The van der Waals surface area contributed by atoms with Gasteiger partial charge in [-0.15, -0.1) is 0 Å². The fourth-order valence-electron chi connectivity index (χ4n) is 5.62. The number of hydrogen-bond acceptors (Lipinski definition) is 3. The van der Waals surface area contributed by atoms with Crippen molar-refractivity contribution in [3.05, 3.63) is 66.0 Å². The first-order valence-corrected chi connectivity index (χ1v) is 12.6. The van der Waals surface area contributed by atoms with E-state index in [-0.39, 0.29) is 17.9 Å². The third-order valence-corrected chi connectivity index (χ3v) is 7.76. The molecule has 1 aromatic heterocycles. The SMILES string of the molecule is C[C@@H]1CCCC[C@@H]1NC(=O)[C@]1(C)Cn2c(nc3ccccc32)C(=O)N1CCCc1ccccc1. The molecular formula is C28H34N4O2. The molecule has 0 unspecified atom stereocenters. The summed E-state index contributed by atoms with van der Waals surface area (Å²) < 4.78 is 1.94. The summed E-state index contributed by atoms with van der Waals surface area (Å²) in [5.41, 5.74) is 1.96. The number of amides is 2.